The molecule has 156 valence electrons. The van der Waals surface area contributed by atoms with Gasteiger partial charge in [-0.3, -0.25) is 14.4 Å². The molecule has 0 aliphatic rings. The average molecular weight is 419 g/mol. The van der Waals surface area contributed by atoms with Crippen molar-refractivity contribution in [2.24, 2.45) is 0 Å². The van der Waals surface area contributed by atoms with E-state index >= 15 is 0 Å². The van der Waals surface area contributed by atoms with E-state index < -0.39 is 24.0 Å². The standard InChI is InChI=1S/C24H18FNO5/c25-19-8-6-16(7-9-19)14-26-15-18(23(29)17-4-2-1-3-5-17)12-20(26)10-11-21(27)13-22(28)24(30)31/h1-12,15H,13-14H2,(H,30,31)/b11-10+. The Hall–Kier alpha value is -4.13. The van der Waals surface area contributed by atoms with E-state index in [2.05, 4.69) is 0 Å². The summed E-state index contributed by atoms with van der Waals surface area (Å²) in [6.45, 7) is 0.310. The summed E-state index contributed by atoms with van der Waals surface area (Å²) in [6.07, 6.45) is 3.41. The number of halogens is 1. The molecule has 6 nitrogen and oxygen atoms in total. The lowest BCUT2D eigenvalue weighted by molar-refractivity contribution is -0.149. The van der Waals surface area contributed by atoms with Crippen molar-refractivity contribution in [3.8, 4) is 0 Å². The Kier molecular flexibility index (Phi) is 6.67. The molecule has 0 fully saturated rings. The first kappa shape index (κ1) is 21.6. The van der Waals surface area contributed by atoms with Crippen LogP contribution in [0.2, 0.25) is 0 Å². The highest BCUT2D eigenvalue weighted by atomic mass is 19.1. The molecule has 1 heterocycles. The van der Waals surface area contributed by atoms with Gasteiger partial charge in [-0.25, -0.2) is 9.18 Å². The van der Waals surface area contributed by atoms with Gasteiger partial charge in [-0.2, -0.15) is 0 Å². The Labute approximate surface area is 177 Å². The molecule has 0 atom stereocenters. The minimum absolute atomic E-state index is 0.208. The fourth-order valence-corrected chi connectivity index (χ4v) is 2.94. The van der Waals surface area contributed by atoms with E-state index in [-0.39, 0.29) is 11.6 Å². The number of aliphatic carboxylic acids is 1. The molecule has 0 radical (unpaired) electrons. The van der Waals surface area contributed by atoms with Crippen LogP contribution in [0.4, 0.5) is 4.39 Å². The molecule has 31 heavy (non-hydrogen) atoms. The van der Waals surface area contributed by atoms with Gasteiger partial charge in [0.05, 0.1) is 6.42 Å². The highest BCUT2D eigenvalue weighted by Crippen LogP contribution is 2.18. The molecule has 2 aromatic carbocycles. The fourth-order valence-electron chi connectivity index (χ4n) is 2.94. The van der Waals surface area contributed by atoms with E-state index in [1.54, 1.807) is 59.3 Å². The van der Waals surface area contributed by atoms with Gasteiger partial charge < -0.3 is 9.67 Å². The lowest BCUT2D eigenvalue weighted by Gasteiger charge is -2.06. The van der Waals surface area contributed by atoms with Crippen molar-refractivity contribution in [3.63, 3.8) is 0 Å². The van der Waals surface area contributed by atoms with Gasteiger partial charge in [-0.1, -0.05) is 42.5 Å². The second-order valence-electron chi connectivity index (χ2n) is 6.81. The van der Waals surface area contributed by atoms with E-state index in [0.29, 0.717) is 23.4 Å². The van der Waals surface area contributed by atoms with Crippen LogP contribution >= 0.6 is 0 Å². The van der Waals surface area contributed by atoms with Crippen LogP contribution in [0.25, 0.3) is 6.08 Å². The van der Waals surface area contributed by atoms with Gasteiger partial charge in [0.1, 0.15) is 5.82 Å². The van der Waals surface area contributed by atoms with Crippen LogP contribution in [-0.2, 0) is 20.9 Å². The van der Waals surface area contributed by atoms with Gasteiger partial charge in [0, 0.05) is 29.6 Å². The number of carboxylic acid groups (broad SMARTS) is 1. The normalized spacial score (nSPS) is 10.9. The van der Waals surface area contributed by atoms with Gasteiger partial charge in [-0.05, 0) is 35.9 Å². The molecule has 7 heteroatoms. The maximum Gasteiger partial charge on any atom is 0.372 e. The third-order valence-corrected chi connectivity index (χ3v) is 4.51. The molecule has 0 saturated heterocycles. The minimum atomic E-state index is -1.67. The van der Waals surface area contributed by atoms with E-state index in [1.165, 1.54) is 18.2 Å². The van der Waals surface area contributed by atoms with Crippen molar-refractivity contribution < 1.29 is 28.7 Å². The Morgan fingerprint density at radius 2 is 1.61 bits per heavy atom. The monoisotopic (exact) mass is 419 g/mol. The molecule has 1 aromatic heterocycles. The van der Waals surface area contributed by atoms with Crippen LogP contribution in [0.3, 0.4) is 0 Å². The molecule has 0 amide bonds. The van der Waals surface area contributed by atoms with Crippen molar-refractivity contribution >= 4 is 29.4 Å². The zero-order valence-corrected chi connectivity index (χ0v) is 16.3. The summed E-state index contributed by atoms with van der Waals surface area (Å²) in [5.41, 5.74) is 2.17. The number of rotatable bonds is 9. The van der Waals surface area contributed by atoms with E-state index in [9.17, 15) is 23.6 Å². The zero-order chi connectivity index (χ0) is 22.4. The lowest BCUT2D eigenvalue weighted by atomic mass is 10.1. The molecule has 0 saturated carbocycles. The van der Waals surface area contributed by atoms with Crippen molar-refractivity contribution in [3.05, 3.63) is 101 Å². The predicted molar refractivity (Wildman–Crippen MR) is 111 cm³/mol. The Morgan fingerprint density at radius 1 is 0.935 bits per heavy atom. The highest BCUT2D eigenvalue weighted by Gasteiger charge is 2.16. The summed E-state index contributed by atoms with van der Waals surface area (Å²) in [7, 11) is 0. The third kappa shape index (κ3) is 5.70. The van der Waals surface area contributed by atoms with Crippen molar-refractivity contribution in [2.45, 2.75) is 13.0 Å². The van der Waals surface area contributed by atoms with Crippen LogP contribution in [0.15, 0.2) is 72.9 Å². The number of carbonyl (C=O) groups excluding carboxylic acids is 3. The van der Waals surface area contributed by atoms with Crippen LogP contribution in [0, 0.1) is 5.82 Å². The molecule has 0 unspecified atom stereocenters. The maximum absolute atomic E-state index is 13.2. The SMILES string of the molecule is O=C(/C=C/c1cc(C(=O)c2ccccc2)cn1Cc1ccc(F)cc1)CC(=O)C(=O)O. The van der Waals surface area contributed by atoms with Gasteiger partial charge in [0.25, 0.3) is 0 Å². The van der Waals surface area contributed by atoms with E-state index in [4.69, 9.17) is 5.11 Å². The summed E-state index contributed by atoms with van der Waals surface area (Å²) < 4.78 is 14.9. The Morgan fingerprint density at radius 3 is 2.26 bits per heavy atom. The number of Topliss-reactive ketones (excluding diaryl/α,β-unsaturated/α-hetero) is 1. The number of carbonyl (C=O) groups is 4. The smallest absolute Gasteiger partial charge is 0.372 e. The number of allylic oxidation sites excluding steroid dienone is 1. The number of hydrogen-bond acceptors (Lipinski definition) is 4. The Bertz CT molecular complexity index is 1160. The van der Waals surface area contributed by atoms with E-state index in [1.807, 2.05) is 0 Å². The molecule has 0 aliphatic carbocycles. The summed E-state index contributed by atoms with van der Waals surface area (Å²) in [5, 5.41) is 8.62. The van der Waals surface area contributed by atoms with Gasteiger partial charge >= 0.3 is 5.97 Å². The molecular formula is C24H18FNO5. The summed E-state index contributed by atoms with van der Waals surface area (Å²) in [4.78, 5) is 46.5. The van der Waals surface area contributed by atoms with Crippen LogP contribution < -0.4 is 0 Å². The molecule has 3 rings (SSSR count). The first-order valence-electron chi connectivity index (χ1n) is 9.35. The fraction of sp³-hybridized carbons (Fsp3) is 0.0833. The zero-order valence-electron chi connectivity index (χ0n) is 16.3. The first-order valence-corrected chi connectivity index (χ1v) is 9.35. The summed E-state index contributed by atoms with van der Waals surface area (Å²) >= 11 is 0. The second kappa shape index (κ2) is 9.58. The van der Waals surface area contributed by atoms with Crippen molar-refractivity contribution in [2.75, 3.05) is 0 Å². The number of aromatic nitrogens is 1. The van der Waals surface area contributed by atoms with Crippen LogP contribution in [0.5, 0.6) is 0 Å². The number of hydrogen-bond donors (Lipinski definition) is 1. The minimum Gasteiger partial charge on any atom is -0.475 e. The van der Waals surface area contributed by atoms with Crippen molar-refractivity contribution in [1.29, 1.82) is 0 Å². The molecular weight excluding hydrogens is 401 g/mol. The number of nitrogens with zero attached hydrogens (tertiary/aromatic N) is 1. The molecule has 1 N–H and O–H groups in total. The molecule has 0 bridgehead atoms. The predicted octanol–water partition coefficient (Wildman–Crippen LogP) is 3.53. The van der Waals surface area contributed by atoms with E-state index in [0.717, 1.165) is 11.6 Å². The molecule has 0 spiro atoms. The number of benzene rings is 2. The van der Waals surface area contributed by atoms with Crippen LogP contribution in [0.1, 0.15) is 33.6 Å². The molecule has 0 aliphatic heterocycles. The summed E-state index contributed by atoms with van der Waals surface area (Å²) in [5.74, 6) is -4.11. The lowest BCUT2D eigenvalue weighted by Crippen LogP contribution is -2.15. The van der Waals surface area contributed by atoms with Crippen LogP contribution in [-0.4, -0.2) is 33.0 Å². The molecule has 3 aromatic rings. The summed E-state index contributed by atoms with van der Waals surface area (Å²) in [6, 6.07) is 16.2. The van der Waals surface area contributed by atoms with Crippen molar-refractivity contribution in [1.82, 2.24) is 4.57 Å². The third-order valence-electron chi connectivity index (χ3n) is 4.51. The topological polar surface area (TPSA) is 93.4 Å². The van der Waals surface area contributed by atoms with Gasteiger partial charge in [0.15, 0.2) is 11.6 Å². The number of carboxylic acids is 1. The highest BCUT2D eigenvalue weighted by molar-refractivity contribution is 6.37. The average Bonchev–Trinajstić information content (AvgIpc) is 3.16. The first-order chi connectivity index (χ1) is 14.8. The maximum atomic E-state index is 13.2. The quantitative estimate of drug-likeness (QED) is 0.248. The Balaban J connectivity index is 1.90. The van der Waals surface area contributed by atoms with Gasteiger partial charge in [0.2, 0.25) is 5.78 Å². The second-order valence-corrected chi connectivity index (χ2v) is 6.81. The van der Waals surface area contributed by atoms with Gasteiger partial charge in [-0.15, -0.1) is 0 Å². The largest absolute Gasteiger partial charge is 0.475 e. The number of ketones is 3.